The Balaban J connectivity index is 1.36. The van der Waals surface area contributed by atoms with Crippen LogP contribution in [-0.2, 0) is 16.8 Å². The highest BCUT2D eigenvalue weighted by Crippen LogP contribution is 2.44. The third-order valence-corrected chi connectivity index (χ3v) is 6.76. The largest absolute Gasteiger partial charge is 0.490 e. The number of benzene rings is 1. The zero-order valence-electron chi connectivity index (χ0n) is 15.1. The molecule has 1 spiro atoms. The van der Waals surface area contributed by atoms with Gasteiger partial charge in [0.2, 0.25) is 0 Å². The molecule has 27 heavy (non-hydrogen) atoms. The standard InChI is InChI=1S/C20H23ClN2O3S/c21-15-3-1-2-4-16(15)25-12-10-23-19(24)17-13-14-5-11-26-20(18(14)27-17)6-8-22-9-7-20/h1-4,13,22H,5-12H2,(H,23,24). The Labute approximate surface area is 168 Å². The summed E-state index contributed by atoms with van der Waals surface area (Å²) < 4.78 is 11.8. The highest BCUT2D eigenvalue weighted by atomic mass is 35.5. The van der Waals surface area contributed by atoms with E-state index in [0.29, 0.717) is 23.9 Å². The van der Waals surface area contributed by atoms with Crippen LogP contribution in [0.5, 0.6) is 5.75 Å². The number of nitrogens with one attached hydrogen (secondary N) is 2. The highest BCUT2D eigenvalue weighted by molar-refractivity contribution is 7.14. The summed E-state index contributed by atoms with van der Waals surface area (Å²) in [6.45, 7) is 3.45. The molecule has 2 N–H and O–H groups in total. The van der Waals surface area contributed by atoms with Gasteiger partial charge in [0, 0.05) is 4.88 Å². The molecule has 0 saturated carbocycles. The first-order valence-corrected chi connectivity index (χ1v) is 10.5. The number of carbonyl (C=O) groups is 1. The molecule has 2 aliphatic heterocycles. The number of hydrogen-bond donors (Lipinski definition) is 2. The van der Waals surface area contributed by atoms with Crippen LogP contribution in [0, 0.1) is 0 Å². The van der Waals surface area contributed by atoms with E-state index in [1.807, 2.05) is 24.3 Å². The maximum atomic E-state index is 12.6. The predicted molar refractivity (Wildman–Crippen MR) is 107 cm³/mol. The van der Waals surface area contributed by atoms with Crippen LogP contribution >= 0.6 is 22.9 Å². The third-order valence-electron chi connectivity index (χ3n) is 5.09. The number of thiophene rings is 1. The van der Waals surface area contributed by atoms with Crippen LogP contribution in [0.4, 0.5) is 0 Å². The summed E-state index contributed by atoms with van der Waals surface area (Å²) in [5.74, 6) is 0.575. The minimum Gasteiger partial charge on any atom is -0.490 e. The number of rotatable bonds is 5. The van der Waals surface area contributed by atoms with Gasteiger partial charge in [0.15, 0.2) is 0 Å². The van der Waals surface area contributed by atoms with Crippen LogP contribution in [0.1, 0.15) is 33.0 Å². The Hall–Kier alpha value is -1.60. The molecule has 3 heterocycles. The van der Waals surface area contributed by atoms with Crippen molar-refractivity contribution in [3.63, 3.8) is 0 Å². The number of fused-ring (bicyclic) bond motifs is 2. The number of para-hydroxylation sites is 1. The van der Waals surface area contributed by atoms with Gasteiger partial charge >= 0.3 is 0 Å². The van der Waals surface area contributed by atoms with Crippen LogP contribution in [-0.4, -0.2) is 38.8 Å². The van der Waals surface area contributed by atoms with E-state index >= 15 is 0 Å². The van der Waals surface area contributed by atoms with E-state index in [4.69, 9.17) is 21.1 Å². The molecular weight excluding hydrogens is 384 g/mol. The molecule has 1 fully saturated rings. The highest BCUT2D eigenvalue weighted by Gasteiger charge is 2.41. The van der Waals surface area contributed by atoms with Crippen molar-refractivity contribution in [2.45, 2.75) is 24.9 Å². The Morgan fingerprint density at radius 2 is 2.15 bits per heavy atom. The third kappa shape index (κ3) is 3.99. The number of piperidine rings is 1. The molecule has 144 valence electrons. The van der Waals surface area contributed by atoms with Crippen LogP contribution in [0.2, 0.25) is 5.02 Å². The first-order valence-electron chi connectivity index (χ1n) is 9.31. The summed E-state index contributed by atoms with van der Waals surface area (Å²) in [5.41, 5.74) is 1.07. The lowest BCUT2D eigenvalue weighted by Gasteiger charge is -2.40. The van der Waals surface area contributed by atoms with E-state index in [1.54, 1.807) is 17.4 Å². The second kappa shape index (κ2) is 8.19. The smallest absolute Gasteiger partial charge is 0.261 e. The molecule has 1 saturated heterocycles. The van der Waals surface area contributed by atoms with Gasteiger partial charge in [-0.1, -0.05) is 23.7 Å². The van der Waals surface area contributed by atoms with Crippen molar-refractivity contribution in [1.29, 1.82) is 0 Å². The fourth-order valence-corrected chi connectivity index (χ4v) is 5.23. The zero-order chi connectivity index (χ0) is 18.7. The molecule has 2 aliphatic rings. The average Bonchev–Trinajstić information content (AvgIpc) is 3.13. The Morgan fingerprint density at radius 1 is 1.33 bits per heavy atom. The number of ether oxygens (including phenoxy) is 2. The first-order chi connectivity index (χ1) is 13.2. The number of hydrogen-bond acceptors (Lipinski definition) is 5. The van der Waals surface area contributed by atoms with Gasteiger partial charge in [0.1, 0.15) is 18.0 Å². The minimum atomic E-state index is -0.199. The van der Waals surface area contributed by atoms with Crippen molar-refractivity contribution in [2.75, 3.05) is 32.8 Å². The second-order valence-electron chi connectivity index (χ2n) is 6.84. The van der Waals surface area contributed by atoms with Gasteiger partial charge in [0.05, 0.1) is 23.1 Å². The zero-order valence-corrected chi connectivity index (χ0v) is 16.6. The molecule has 5 nitrogen and oxygen atoms in total. The summed E-state index contributed by atoms with van der Waals surface area (Å²) in [6, 6.07) is 9.36. The van der Waals surface area contributed by atoms with Crippen molar-refractivity contribution in [1.82, 2.24) is 10.6 Å². The molecule has 1 aromatic heterocycles. The van der Waals surface area contributed by atoms with Gasteiger partial charge in [0.25, 0.3) is 5.91 Å². The lowest BCUT2D eigenvalue weighted by Crippen LogP contribution is -2.43. The number of carbonyl (C=O) groups excluding carboxylic acids is 1. The second-order valence-corrected chi connectivity index (χ2v) is 8.30. The predicted octanol–water partition coefficient (Wildman–Crippen LogP) is 3.36. The van der Waals surface area contributed by atoms with Crippen LogP contribution < -0.4 is 15.4 Å². The van der Waals surface area contributed by atoms with Crippen molar-refractivity contribution >= 4 is 28.8 Å². The van der Waals surface area contributed by atoms with E-state index in [1.165, 1.54) is 10.4 Å². The molecule has 0 atom stereocenters. The van der Waals surface area contributed by atoms with Gasteiger partial charge in [-0.25, -0.2) is 0 Å². The van der Waals surface area contributed by atoms with Crippen molar-refractivity contribution in [2.24, 2.45) is 0 Å². The maximum absolute atomic E-state index is 12.6. The number of halogens is 1. The summed E-state index contributed by atoms with van der Waals surface area (Å²) in [4.78, 5) is 14.6. The lowest BCUT2D eigenvalue weighted by molar-refractivity contribution is -0.0771. The average molecular weight is 407 g/mol. The van der Waals surface area contributed by atoms with E-state index in [-0.39, 0.29) is 11.5 Å². The van der Waals surface area contributed by atoms with E-state index < -0.39 is 0 Å². The minimum absolute atomic E-state index is 0.0544. The molecule has 0 radical (unpaired) electrons. The van der Waals surface area contributed by atoms with Gasteiger partial charge in [-0.15, -0.1) is 11.3 Å². The van der Waals surface area contributed by atoms with E-state index in [9.17, 15) is 4.79 Å². The first kappa shape index (κ1) is 18.7. The van der Waals surface area contributed by atoms with Crippen molar-refractivity contribution in [3.8, 4) is 5.75 Å². The maximum Gasteiger partial charge on any atom is 0.261 e. The Bertz CT molecular complexity index is 817. The van der Waals surface area contributed by atoms with Gasteiger partial charge in [-0.3, -0.25) is 4.79 Å². The van der Waals surface area contributed by atoms with E-state index in [2.05, 4.69) is 10.6 Å². The summed E-state index contributed by atoms with van der Waals surface area (Å²) in [6.07, 6.45) is 2.81. The van der Waals surface area contributed by atoms with Gasteiger partial charge in [-0.2, -0.15) is 0 Å². The molecule has 0 aliphatic carbocycles. The molecule has 0 bridgehead atoms. The normalized spacial score (nSPS) is 18.1. The molecule has 1 aromatic carbocycles. The monoisotopic (exact) mass is 406 g/mol. The summed E-state index contributed by atoms with van der Waals surface area (Å²) in [7, 11) is 0. The van der Waals surface area contributed by atoms with Gasteiger partial charge in [-0.05, 0) is 56.1 Å². The van der Waals surface area contributed by atoms with Crippen molar-refractivity contribution < 1.29 is 14.3 Å². The SMILES string of the molecule is O=C(NCCOc1ccccc1Cl)c1cc2c(s1)C1(CCNCC1)OCC2. The fourth-order valence-electron chi connectivity index (χ4n) is 3.71. The lowest BCUT2D eigenvalue weighted by atomic mass is 9.86. The number of amides is 1. The molecule has 7 heteroatoms. The summed E-state index contributed by atoms with van der Waals surface area (Å²) in [5, 5.41) is 6.90. The van der Waals surface area contributed by atoms with Crippen LogP contribution in [0.25, 0.3) is 0 Å². The quantitative estimate of drug-likeness (QED) is 0.747. The van der Waals surface area contributed by atoms with Crippen LogP contribution in [0.3, 0.4) is 0 Å². The molecule has 2 aromatic rings. The Kier molecular flexibility index (Phi) is 5.68. The molecule has 4 rings (SSSR count). The fraction of sp³-hybridized carbons (Fsp3) is 0.450. The summed E-state index contributed by atoms with van der Waals surface area (Å²) >= 11 is 7.64. The van der Waals surface area contributed by atoms with Crippen molar-refractivity contribution in [3.05, 3.63) is 50.7 Å². The molecular formula is C20H23ClN2O3S. The molecule has 0 unspecified atom stereocenters. The Morgan fingerprint density at radius 3 is 2.96 bits per heavy atom. The van der Waals surface area contributed by atoms with Gasteiger partial charge < -0.3 is 20.1 Å². The topological polar surface area (TPSA) is 59.6 Å². The van der Waals surface area contributed by atoms with Crippen LogP contribution in [0.15, 0.2) is 30.3 Å². The van der Waals surface area contributed by atoms with E-state index in [0.717, 1.165) is 43.8 Å². The molecule has 1 amide bonds.